The zero-order valence-electron chi connectivity index (χ0n) is 17.2. The van der Waals surface area contributed by atoms with Crippen LogP contribution in [0.3, 0.4) is 0 Å². The van der Waals surface area contributed by atoms with Crippen LogP contribution in [0.5, 0.6) is 0 Å². The van der Waals surface area contributed by atoms with Gasteiger partial charge < -0.3 is 20.0 Å². The first-order valence-corrected chi connectivity index (χ1v) is 10.4. The summed E-state index contributed by atoms with van der Waals surface area (Å²) in [5, 5.41) is 0. The van der Waals surface area contributed by atoms with Crippen molar-refractivity contribution in [3.05, 3.63) is 69.3 Å². The molecule has 1 aromatic carbocycles. The fourth-order valence-electron chi connectivity index (χ4n) is 4.82. The molecule has 4 rings (SSSR count). The minimum absolute atomic E-state index is 0.0617. The van der Waals surface area contributed by atoms with Crippen molar-refractivity contribution >= 4 is 11.8 Å². The molecule has 2 atom stereocenters. The van der Waals surface area contributed by atoms with Crippen LogP contribution in [-0.2, 0) is 6.42 Å². The summed E-state index contributed by atoms with van der Waals surface area (Å²) in [6, 6.07) is 11.5. The summed E-state index contributed by atoms with van der Waals surface area (Å²) in [4.78, 5) is 40.7. The Balaban J connectivity index is 1.35. The molecule has 2 fully saturated rings. The first-order chi connectivity index (χ1) is 14.4. The van der Waals surface area contributed by atoms with E-state index in [4.69, 9.17) is 10.2 Å². The average molecular weight is 409 g/mol. The third kappa shape index (κ3) is 4.16. The van der Waals surface area contributed by atoms with Gasteiger partial charge in [-0.25, -0.2) is 4.79 Å². The minimum Gasteiger partial charge on any atom is -0.427 e. The van der Waals surface area contributed by atoms with Gasteiger partial charge in [-0.2, -0.15) is 0 Å². The largest absolute Gasteiger partial charge is 0.427 e. The number of hydrogen-bond donors (Lipinski definition) is 1. The van der Waals surface area contributed by atoms with Gasteiger partial charge in [-0.3, -0.25) is 9.59 Å². The average Bonchev–Trinajstić information content (AvgIpc) is 3.26. The molecule has 2 amide bonds. The fraction of sp³-hybridized carbons (Fsp3) is 0.435. The van der Waals surface area contributed by atoms with E-state index in [1.165, 1.54) is 12.5 Å². The van der Waals surface area contributed by atoms with Gasteiger partial charge in [0.25, 0.3) is 5.91 Å². The van der Waals surface area contributed by atoms with Gasteiger partial charge in [-0.05, 0) is 43.7 Å². The highest BCUT2D eigenvalue weighted by atomic mass is 16.4. The van der Waals surface area contributed by atoms with E-state index in [9.17, 15) is 14.4 Å². The Kier molecular flexibility index (Phi) is 5.72. The smallest absolute Gasteiger partial charge is 0.336 e. The first kappa shape index (κ1) is 20.3. The normalized spacial score (nSPS) is 21.0. The van der Waals surface area contributed by atoms with Crippen LogP contribution < -0.4 is 11.4 Å². The predicted octanol–water partition coefficient (Wildman–Crippen LogP) is 1.68. The Morgan fingerprint density at radius 1 is 1.10 bits per heavy atom. The van der Waals surface area contributed by atoms with Crippen molar-refractivity contribution in [2.45, 2.75) is 19.8 Å². The zero-order valence-corrected chi connectivity index (χ0v) is 17.2. The summed E-state index contributed by atoms with van der Waals surface area (Å²) >= 11 is 0. The number of rotatable bonds is 6. The van der Waals surface area contributed by atoms with Gasteiger partial charge in [0, 0.05) is 32.2 Å². The van der Waals surface area contributed by atoms with Crippen LogP contribution in [0.2, 0.25) is 0 Å². The molecule has 30 heavy (non-hydrogen) atoms. The van der Waals surface area contributed by atoms with Crippen molar-refractivity contribution < 1.29 is 14.0 Å². The highest BCUT2D eigenvalue weighted by Crippen LogP contribution is 2.32. The molecule has 7 heteroatoms. The Hall–Kier alpha value is -2.93. The number of aryl methyl sites for hydroxylation is 2. The van der Waals surface area contributed by atoms with Crippen LogP contribution in [0.15, 0.2) is 45.6 Å². The maximum atomic E-state index is 13.1. The third-order valence-corrected chi connectivity index (χ3v) is 6.25. The number of carbonyl (C=O) groups is 2. The van der Waals surface area contributed by atoms with E-state index in [-0.39, 0.29) is 22.8 Å². The monoisotopic (exact) mass is 409 g/mol. The molecule has 2 aliphatic rings. The van der Waals surface area contributed by atoms with Gasteiger partial charge in [-0.1, -0.05) is 30.3 Å². The third-order valence-electron chi connectivity index (χ3n) is 6.25. The maximum absolute atomic E-state index is 13.1. The molecule has 7 nitrogen and oxygen atoms in total. The lowest BCUT2D eigenvalue weighted by atomic mass is 10.0. The SMILES string of the molecule is Cc1oc(=O)cc(C(N)=O)c1C(=O)N1CC2CN(CCCc3ccccc3)C[C@H]2C1. The van der Waals surface area contributed by atoms with E-state index in [1.807, 2.05) is 6.07 Å². The van der Waals surface area contributed by atoms with Crippen LogP contribution in [0.1, 0.15) is 38.5 Å². The van der Waals surface area contributed by atoms with Gasteiger partial charge >= 0.3 is 5.63 Å². The molecule has 0 spiro atoms. The number of amides is 2. The molecule has 0 bridgehead atoms. The van der Waals surface area contributed by atoms with E-state index in [0.717, 1.165) is 38.5 Å². The molecular weight excluding hydrogens is 382 g/mol. The summed E-state index contributed by atoms with van der Waals surface area (Å²) in [6.45, 7) is 5.84. The topological polar surface area (TPSA) is 96.8 Å². The van der Waals surface area contributed by atoms with E-state index in [1.54, 1.807) is 4.90 Å². The van der Waals surface area contributed by atoms with E-state index in [2.05, 4.69) is 29.2 Å². The van der Waals surface area contributed by atoms with Crippen molar-refractivity contribution in [2.75, 3.05) is 32.7 Å². The number of primary amides is 1. The van der Waals surface area contributed by atoms with Crippen LogP contribution in [0.25, 0.3) is 0 Å². The second-order valence-corrected chi connectivity index (χ2v) is 8.35. The Morgan fingerprint density at radius 3 is 2.40 bits per heavy atom. The van der Waals surface area contributed by atoms with Gasteiger partial charge in [-0.15, -0.1) is 0 Å². The van der Waals surface area contributed by atoms with Crippen molar-refractivity contribution in [3.8, 4) is 0 Å². The molecule has 3 heterocycles. The lowest BCUT2D eigenvalue weighted by Gasteiger charge is -2.22. The number of likely N-dealkylation sites (tertiary alicyclic amines) is 2. The quantitative estimate of drug-likeness (QED) is 0.783. The molecule has 1 aromatic heterocycles. The fourth-order valence-corrected chi connectivity index (χ4v) is 4.82. The van der Waals surface area contributed by atoms with Crippen LogP contribution in [0, 0.1) is 18.8 Å². The number of nitrogens with two attached hydrogens (primary N) is 1. The summed E-state index contributed by atoms with van der Waals surface area (Å²) in [6.07, 6.45) is 2.20. The molecule has 2 aliphatic heterocycles. The molecule has 0 radical (unpaired) electrons. The van der Waals surface area contributed by atoms with Gasteiger partial charge in [0.1, 0.15) is 5.76 Å². The van der Waals surface area contributed by atoms with Gasteiger partial charge in [0.15, 0.2) is 0 Å². The molecular formula is C23H27N3O4. The van der Waals surface area contributed by atoms with Crippen LogP contribution in [-0.4, -0.2) is 54.3 Å². The molecule has 158 valence electrons. The minimum atomic E-state index is -0.793. The summed E-state index contributed by atoms with van der Waals surface area (Å²) in [7, 11) is 0. The second kappa shape index (κ2) is 8.44. The molecule has 2 aromatic rings. The summed E-state index contributed by atoms with van der Waals surface area (Å²) < 4.78 is 5.05. The Bertz CT molecular complexity index is 987. The molecule has 0 aliphatic carbocycles. The van der Waals surface area contributed by atoms with E-state index >= 15 is 0 Å². The number of hydrogen-bond acceptors (Lipinski definition) is 5. The molecule has 0 saturated carbocycles. The summed E-state index contributed by atoms with van der Waals surface area (Å²) in [5.41, 5.74) is 6.13. The van der Waals surface area contributed by atoms with Crippen LogP contribution >= 0.6 is 0 Å². The Labute approximate surface area is 175 Å². The Morgan fingerprint density at radius 2 is 1.77 bits per heavy atom. The van der Waals surface area contributed by atoms with Crippen molar-refractivity contribution in [2.24, 2.45) is 17.6 Å². The maximum Gasteiger partial charge on any atom is 0.336 e. The summed E-state index contributed by atoms with van der Waals surface area (Å²) in [5.74, 6) is -0.0771. The van der Waals surface area contributed by atoms with Crippen molar-refractivity contribution in [3.63, 3.8) is 0 Å². The standard InChI is InChI=1S/C23H27N3O4/c1-15-21(19(22(24)28)10-20(27)30-15)23(29)26-13-17-11-25(12-18(17)14-26)9-5-8-16-6-3-2-4-7-16/h2-4,6-7,10,17-18H,5,8-9,11-14H2,1H3,(H2,24,28)/t17-,18?/m0/s1. The zero-order chi connectivity index (χ0) is 21.3. The number of nitrogens with zero attached hydrogens (tertiary/aromatic N) is 2. The van der Waals surface area contributed by atoms with Crippen LogP contribution in [0.4, 0.5) is 0 Å². The van der Waals surface area contributed by atoms with Gasteiger partial charge in [0.2, 0.25) is 5.91 Å². The highest BCUT2D eigenvalue weighted by molar-refractivity contribution is 6.07. The van der Waals surface area contributed by atoms with Crippen molar-refractivity contribution in [1.82, 2.24) is 9.80 Å². The molecule has 2 saturated heterocycles. The molecule has 1 unspecified atom stereocenters. The predicted molar refractivity (Wildman–Crippen MR) is 112 cm³/mol. The highest BCUT2D eigenvalue weighted by Gasteiger charge is 2.42. The van der Waals surface area contributed by atoms with Gasteiger partial charge in [0.05, 0.1) is 11.1 Å². The number of carbonyl (C=O) groups excluding carboxylic acids is 2. The molecule has 2 N–H and O–H groups in total. The lowest BCUT2D eigenvalue weighted by molar-refractivity contribution is 0.0764. The second-order valence-electron chi connectivity index (χ2n) is 8.35. The first-order valence-electron chi connectivity index (χ1n) is 10.4. The van der Waals surface area contributed by atoms with E-state index in [0.29, 0.717) is 24.9 Å². The van der Waals surface area contributed by atoms with Crippen molar-refractivity contribution in [1.29, 1.82) is 0 Å². The number of fused-ring (bicyclic) bond motifs is 1. The number of benzene rings is 1. The lowest BCUT2D eigenvalue weighted by Crippen LogP contribution is -2.35. The van der Waals surface area contributed by atoms with E-state index < -0.39 is 11.5 Å².